The molecular weight excluding hydrogens is 332 g/mol. The van der Waals surface area contributed by atoms with Crippen molar-refractivity contribution in [2.24, 2.45) is 0 Å². The van der Waals surface area contributed by atoms with Crippen molar-refractivity contribution in [1.82, 2.24) is 9.80 Å². The van der Waals surface area contributed by atoms with Gasteiger partial charge < -0.3 is 9.80 Å². The molecule has 0 aliphatic carbocycles. The summed E-state index contributed by atoms with van der Waals surface area (Å²) in [6.45, 7) is 4.12. The lowest BCUT2D eigenvalue weighted by molar-refractivity contribution is -0.121. The summed E-state index contributed by atoms with van der Waals surface area (Å²) in [6.07, 6.45) is 2.99. The normalized spacial score (nSPS) is 22.5. The van der Waals surface area contributed by atoms with Gasteiger partial charge in [0.1, 0.15) is 0 Å². The van der Waals surface area contributed by atoms with Crippen LogP contribution in [0.25, 0.3) is 0 Å². The number of carbonyl (C=O) groups is 4. The van der Waals surface area contributed by atoms with E-state index in [9.17, 15) is 19.2 Å². The Morgan fingerprint density at radius 3 is 1.62 bits per heavy atom. The largest absolute Gasteiger partial charge is 0.329 e. The van der Waals surface area contributed by atoms with Crippen LogP contribution in [0, 0.1) is 0 Å². The second-order valence-corrected chi connectivity index (χ2v) is 7.12. The predicted octanol–water partition coefficient (Wildman–Crippen LogP) is 2.07. The summed E-state index contributed by atoms with van der Waals surface area (Å²) in [4.78, 5) is 52.4. The number of Topliss-reactive ketones (excluding diaryl/α,β-unsaturated/α-hetero) is 2. The van der Waals surface area contributed by atoms with Crippen molar-refractivity contribution in [3.63, 3.8) is 0 Å². The Kier molecular flexibility index (Phi) is 5.20. The minimum absolute atomic E-state index is 0.00977. The van der Waals surface area contributed by atoms with Gasteiger partial charge in [0.25, 0.3) is 11.8 Å². The third-order valence-corrected chi connectivity index (χ3v) is 5.32. The maximum absolute atomic E-state index is 12.8. The zero-order chi connectivity index (χ0) is 18.8. The van der Waals surface area contributed by atoms with Crippen molar-refractivity contribution in [1.29, 1.82) is 0 Å². The molecule has 3 rings (SSSR count). The molecule has 1 aromatic carbocycles. The highest BCUT2D eigenvalue weighted by Gasteiger charge is 2.34. The van der Waals surface area contributed by atoms with Crippen molar-refractivity contribution in [2.45, 2.75) is 51.6 Å². The minimum atomic E-state index is -0.373. The number of carbonyl (C=O) groups excluding carboxylic acids is 4. The van der Waals surface area contributed by atoms with Gasteiger partial charge in [0.15, 0.2) is 11.6 Å². The van der Waals surface area contributed by atoms with Crippen LogP contribution in [-0.4, -0.2) is 58.4 Å². The molecule has 0 saturated carbocycles. The molecule has 2 heterocycles. The van der Waals surface area contributed by atoms with Crippen LogP contribution in [0.2, 0.25) is 0 Å². The highest BCUT2D eigenvalue weighted by Crippen LogP contribution is 2.24. The number of hydrogen-bond donors (Lipinski definition) is 0. The van der Waals surface area contributed by atoms with E-state index in [1.165, 1.54) is 13.8 Å². The van der Waals surface area contributed by atoms with Crippen LogP contribution >= 0.6 is 0 Å². The van der Waals surface area contributed by atoms with Crippen LogP contribution in [0.4, 0.5) is 0 Å². The van der Waals surface area contributed by atoms with E-state index >= 15 is 0 Å². The van der Waals surface area contributed by atoms with Crippen LogP contribution in [-0.2, 0) is 9.59 Å². The van der Waals surface area contributed by atoms with E-state index in [1.54, 1.807) is 34.1 Å². The highest BCUT2D eigenvalue weighted by atomic mass is 16.2. The van der Waals surface area contributed by atoms with Gasteiger partial charge in [-0.15, -0.1) is 0 Å². The second kappa shape index (κ2) is 7.40. The first-order chi connectivity index (χ1) is 12.4. The molecule has 0 spiro atoms. The van der Waals surface area contributed by atoms with Crippen LogP contribution in [0.5, 0.6) is 0 Å². The highest BCUT2D eigenvalue weighted by molar-refractivity contribution is 6.02. The fraction of sp³-hybridized carbons (Fsp3) is 0.500. The molecule has 2 aliphatic rings. The van der Waals surface area contributed by atoms with E-state index in [0.29, 0.717) is 37.1 Å². The number of likely N-dealkylation sites (tertiary alicyclic amines) is 2. The quantitative estimate of drug-likeness (QED) is 0.828. The lowest BCUT2D eigenvalue weighted by atomic mass is 10.1. The molecule has 2 saturated heterocycles. The Labute approximate surface area is 153 Å². The van der Waals surface area contributed by atoms with Gasteiger partial charge in [0.05, 0.1) is 12.1 Å². The predicted molar refractivity (Wildman–Crippen MR) is 95.9 cm³/mol. The maximum Gasteiger partial charge on any atom is 0.254 e. The fourth-order valence-corrected chi connectivity index (χ4v) is 3.98. The van der Waals surface area contributed by atoms with Crippen molar-refractivity contribution in [3.05, 3.63) is 35.4 Å². The Balaban J connectivity index is 1.82. The first-order valence-electron chi connectivity index (χ1n) is 9.13. The van der Waals surface area contributed by atoms with Gasteiger partial charge in [-0.3, -0.25) is 19.2 Å². The van der Waals surface area contributed by atoms with E-state index in [2.05, 4.69) is 0 Å². The lowest BCUT2D eigenvalue weighted by Crippen LogP contribution is -2.40. The van der Waals surface area contributed by atoms with Crippen LogP contribution in [0.3, 0.4) is 0 Å². The number of ketones is 2. The molecule has 0 unspecified atom stereocenters. The van der Waals surface area contributed by atoms with E-state index in [0.717, 1.165) is 12.8 Å². The van der Waals surface area contributed by atoms with Crippen molar-refractivity contribution < 1.29 is 19.2 Å². The van der Waals surface area contributed by atoms with Crippen molar-refractivity contribution in [3.8, 4) is 0 Å². The van der Waals surface area contributed by atoms with E-state index in [-0.39, 0.29) is 35.5 Å². The minimum Gasteiger partial charge on any atom is -0.329 e. The lowest BCUT2D eigenvalue weighted by Gasteiger charge is -2.24. The number of amides is 2. The van der Waals surface area contributed by atoms with E-state index < -0.39 is 0 Å². The molecule has 6 heteroatoms. The number of hydrogen-bond acceptors (Lipinski definition) is 4. The molecule has 0 radical (unpaired) electrons. The topological polar surface area (TPSA) is 74.8 Å². The summed E-state index contributed by atoms with van der Waals surface area (Å²) in [5, 5.41) is 0. The third kappa shape index (κ3) is 3.41. The molecule has 0 bridgehead atoms. The van der Waals surface area contributed by atoms with E-state index in [1.807, 2.05) is 0 Å². The summed E-state index contributed by atoms with van der Waals surface area (Å²) in [5.41, 5.74) is 0.810. The number of rotatable bonds is 4. The smallest absolute Gasteiger partial charge is 0.254 e. The van der Waals surface area contributed by atoms with Crippen molar-refractivity contribution >= 4 is 23.4 Å². The molecule has 0 aromatic heterocycles. The van der Waals surface area contributed by atoms with Gasteiger partial charge in [-0.25, -0.2) is 0 Å². The molecule has 2 amide bonds. The van der Waals surface area contributed by atoms with Crippen LogP contribution < -0.4 is 0 Å². The van der Waals surface area contributed by atoms with Crippen LogP contribution in [0.1, 0.15) is 60.2 Å². The average Bonchev–Trinajstić information content (AvgIpc) is 3.29. The van der Waals surface area contributed by atoms with Crippen LogP contribution in [0.15, 0.2) is 24.3 Å². The Morgan fingerprint density at radius 1 is 0.808 bits per heavy atom. The number of nitrogens with zero attached hydrogens (tertiary/aromatic N) is 2. The maximum atomic E-state index is 12.8. The van der Waals surface area contributed by atoms with Gasteiger partial charge in [0, 0.05) is 24.2 Å². The molecule has 138 valence electrons. The van der Waals surface area contributed by atoms with Gasteiger partial charge in [0.2, 0.25) is 0 Å². The molecule has 26 heavy (non-hydrogen) atoms. The first-order valence-corrected chi connectivity index (χ1v) is 9.13. The number of benzene rings is 1. The monoisotopic (exact) mass is 356 g/mol. The van der Waals surface area contributed by atoms with Gasteiger partial charge in [-0.2, -0.15) is 0 Å². The van der Waals surface area contributed by atoms with Gasteiger partial charge >= 0.3 is 0 Å². The Hall–Kier alpha value is -2.50. The Bertz CT molecular complexity index is 699. The molecular formula is C20H24N2O4. The summed E-state index contributed by atoms with van der Waals surface area (Å²) >= 11 is 0. The SMILES string of the molecule is CC(=O)[C@@H]1CCCN1C(=O)c1cccc(C(=O)N2CCC[C@H]2C(C)=O)c1. The van der Waals surface area contributed by atoms with Gasteiger partial charge in [-0.1, -0.05) is 6.07 Å². The third-order valence-electron chi connectivity index (χ3n) is 5.32. The fourth-order valence-electron chi connectivity index (χ4n) is 3.98. The van der Waals surface area contributed by atoms with E-state index in [4.69, 9.17) is 0 Å². The van der Waals surface area contributed by atoms with Crippen molar-refractivity contribution in [2.75, 3.05) is 13.1 Å². The summed E-state index contributed by atoms with van der Waals surface area (Å²) < 4.78 is 0. The summed E-state index contributed by atoms with van der Waals surface area (Å²) in [5.74, 6) is -0.460. The standard InChI is InChI=1S/C20H24N2O4/c1-13(23)17-8-4-10-21(17)19(25)15-6-3-7-16(12-15)20(26)22-11-5-9-18(22)14(2)24/h3,6-7,12,17-18H,4-5,8-11H2,1-2H3/t17-,18-/m0/s1. The second-order valence-electron chi connectivity index (χ2n) is 7.12. The molecule has 0 N–H and O–H groups in total. The average molecular weight is 356 g/mol. The first kappa shape index (κ1) is 18.3. The molecule has 2 fully saturated rings. The molecule has 2 aliphatic heterocycles. The zero-order valence-corrected chi connectivity index (χ0v) is 15.2. The Morgan fingerprint density at radius 2 is 1.23 bits per heavy atom. The summed E-state index contributed by atoms with van der Waals surface area (Å²) in [7, 11) is 0. The molecule has 2 atom stereocenters. The zero-order valence-electron chi connectivity index (χ0n) is 15.2. The van der Waals surface area contributed by atoms with Gasteiger partial charge in [-0.05, 0) is 57.7 Å². The molecule has 6 nitrogen and oxygen atoms in total. The molecule has 1 aromatic rings. The summed E-state index contributed by atoms with van der Waals surface area (Å²) in [6, 6.07) is 5.85.